The summed E-state index contributed by atoms with van der Waals surface area (Å²) in [5, 5.41) is 3.75. The zero-order chi connectivity index (χ0) is 19.1. The smallest absolute Gasteiger partial charge is 0.246 e. The molecule has 2 aliphatic rings. The molecule has 0 aliphatic carbocycles. The van der Waals surface area contributed by atoms with Crippen molar-refractivity contribution in [3.8, 4) is 0 Å². The lowest BCUT2D eigenvalue weighted by molar-refractivity contribution is -0.126. The predicted octanol–water partition coefficient (Wildman–Crippen LogP) is 3.04. The number of ether oxygens (including phenoxy) is 2. The molecule has 2 saturated heterocycles. The number of methoxy groups -OCH3 is 1. The van der Waals surface area contributed by atoms with Crippen molar-refractivity contribution in [1.29, 1.82) is 0 Å². The molecule has 5 nitrogen and oxygen atoms in total. The SMILES string of the molecule is COCC(=O)NCC1CCC2(CCN(C/C(Cl)=C/c3ccccc3)CC2)O1. The van der Waals surface area contributed by atoms with E-state index in [0.717, 1.165) is 55.9 Å². The summed E-state index contributed by atoms with van der Waals surface area (Å²) in [6, 6.07) is 10.2. The fraction of sp³-hybridized carbons (Fsp3) is 0.571. The molecule has 1 amide bonds. The number of nitrogens with zero attached hydrogens (tertiary/aromatic N) is 1. The molecule has 27 heavy (non-hydrogen) atoms. The Morgan fingerprint density at radius 2 is 2.07 bits per heavy atom. The molecule has 2 aliphatic heterocycles. The second-order valence-corrected chi connectivity index (χ2v) is 7.96. The van der Waals surface area contributed by atoms with Gasteiger partial charge >= 0.3 is 0 Å². The van der Waals surface area contributed by atoms with E-state index in [0.29, 0.717) is 6.54 Å². The maximum Gasteiger partial charge on any atom is 0.246 e. The summed E-state index contributed by atoms with van der Waals surface area (Å²) >= 11 is 6.46. The quantitative estimate of drug-likeness (QED) is 0.774. The van der Waals surface area contributed by atoms with Gasteiger partial charge in [-0.2, -0.15) is 0 Å². The first kappa shape index (κ1) is 20.3. The first-order chi connectivity index (χ1) is 13.1. The number of nitrogens with one attached hydrogen (secondary N) is 1. The highest BCUT2D eigenvalue weighted by molar-refractivity contribution is 6.31. The molecule has 0 bridgehead atoms. The van der Waals surface area contributed by atoms with Crippen molar-refractivity contribution in [2.45, 2.75) is 37.4 Å². The third-order valence-corrected chi connectivity index (χ3v) is 5.63. The molecule has 1 aromatic carbocycles. The van der Waals surface area contributed by atoms with E-state index in [1.54, 1.807) is 0 Å². The number of benzene rings is 1. The van der Waals surface area contributed by atoms with E-state index < -0.39 is 0 Å². The zero-order valence-corrected chi connectivity index (χ0v) is 16.7. The van der Waals surface area contributed by atoms with Gasteiger partial charge in [0.1, 0.15) is 6.61 Å². The van der Waals surface area contributed by atoms with Gasteiger partial charge in [-0.05, 0) is 37.3 Å². The summed E-state index contributed by atoms with van der Waals surface area (Å²) in [7, 11) is 1.52. The van der Waals surface area contributed by atoms with Crippen molar-refractivity contribution in [1.82, 2.24) is 10.2 Å². The summed E-state index contributed by atoms with van der Waals surface area (Å²) in [4.78, 5) is 13.9. The number of piperidine rings is 1. The first-order valence-corrected chi connectivity index (χ1v) is 10.0. The van der Waals surface area contributed by atoms with Crippen LogP contribution in [0, 0.1) is 0 Å². The van der Waals surface area contributed by atoms with Crippen LogP contribution in [0.5, 0.6) is 0 Å². The van der Waals surface area contributed by atoms with Crippen LogP contribution in [-0.2, 0) is 14.3 Å². The fourth-order valence-electron chi connectivity index (χ4n) is 3.92. The predicted molar refractivity (Wildman–Crippen MR) is 108 cm³/mol. The minimum Gasteiger partial charge on any atom is -0.375 e. The Balaban J connectivity index is 1.42. The minimum atomic E-state index is -0.0864. The van der Waals surface area contributed by atoms with Gasteiger partial charge in [-0.25, -0.2) is 0 Å². The third-order valence-electron chi connectivity index (χ3n) is 5.41. The van der Waals surface area contributed by atoms with E-state index >= 15 is 0 Å². The lowest BCUT2D eigenvalue weighted by Gasteiger charge is -2.39. The van der Waals surface area contributed by atoms with Crippen molar-refractivity contribution in [2.24, 2.45) is 0 Å². The lowest BCUT2D eigenvalue weighted by atomic mass is 9.88. The standard InChI is InChI=1S/C21H29ClN2O3/c1-26-16-20(25)23-14-19-7-8-21(27-19)9-11-24(12-10-21)15-18(22)13-17-5-3-2-4-6-17/h2-6,13,19H,7-12,14-16H2,1H3,(H,23,25)/b18-13-. The van der Waals surface area contributed by atoms with Crippen molar-refractivity contribution < 1.29 is 14.3 Å². The maximum absolute atomic E-state index is 11.5. The van der Waals surface area contributed by atoms with Crippen LogP contribution in [0.1, 0.15) is 31.2 Å². The van der Waals surface area contributed by atoms with Crippen LogP contribution in [0.25, 0.3) is 6.08 Å². The average Bonchev–Trinajstić information content (AvgIpc) is 3.06. The summed E-state index contributed by atoms with van der Waals surface area (Å²) < 4.78 is 11.2. The molecule has 148 valence electrons. The van der Waals surface area contributed by atoms with Gasteiger partial charge in [0.15, 0.2) is 0 Å². The summed E-state index contributed by atoms with van der Waals surface area (Å²) in [5.41, 5.74) is 1.11. The summed E-state index contributed by atoms with van der Waals surface area (Å²) in [6.45, 7) is 3.43. The van der Waals surface area contributed by atoms with E-state index in [-0.39, 0.29) is 24.2 Å². The van der Waals surface area contributed by atoms with Gasteiger partial charge in [-0.3, -0.25) is 9.69 Å². The first-order valence-electron chi connectivity index (χ1n) is 9.65. The Kier molecular flexibility index (Phi) is 7.30. The summed E-state index contributed by atoms with van der Waals surface area (Å²) in [6.07, 6.45) is 6.26. The number of carbonyl (C=O) groups is 1. The van der Waals surface area contributed by atoms with Crippen LogP contribution in [0.15, 0.2) is 35.4 Å². The highest BCUT2D eigenvalue weighted by atomic mass is 35.5. The van der Waals surface area contributed by atoms with Crippen LogP contribution < -0.4 is 5.32 Å². The van der Waals surface area contributed by atoms with Crippen molar-refractivity contribution in [3.05, 3.63) is 40.9 Å². The topological polar surface area (TPSA) is 50.8 Å². The van der Waals surface area contributed by atoms with Crippen molar-refractivity contribution in [2.75, 3.05) is 39.9 Å². The molecular weight excluding hydrogens is 364 g/mol. The molecule has 1 aromatic rings. The van der Waals surface area contributed by atoms with Gasteiger partial charge in [0.25, 0.3) is 0 Å². The number of likely N-dealkylation sites (tertiary alicyclic amines) is 1. The molecular formula is C21H29ClN2O3. The Bertz CT molecular complexity index is 642. The van der Waals surface area contributed by atoms with E-state index in [2.05, 4.69) is 22.3 Å². The van der Waals surface area contributed by atoms with Crippen molar-refractivity contribution >= 4 is 23.6 Å². The van der Waals surface area contributed by atoms with Crippen LogP contribution >= 0.6 is 11.6 Å². The van der Waals surface area contributed by atoms with Crippen LogP contribution in [0.2, 0.25) is 0 Å². The van der Waals surface area contributed by atoms with Gasteiger partial charge in [0.05, 0.1) is 11.7 Å². The van der Waals surface area contributed by atoms with E-state index in [1.807, 2.05) is 24.3 Å². The zero-order valence-electron chi connectivity index (χ0n) is 16.0. The van der Waals surface area contributed by atoms with Gasteiger partial charge in [0, 0.05) is 38.3 Å². The minimum absolute atomic E-state index is 0.0250. The molecule has 1 spiro atoms. The Morgan fingerprint density at radius 3 is 2.78 bits per heavy atom. The molecule has 0 saturated carbocycles. The average molecular weight is 393 g/mol. The number of halogens is 1. The van der Waals surface area contributed by atoms with Crippen LogP contribution in [0.4, 0.5) is 0 Å². The molecule has 1 atom stereocenters. The number of hydrogen-bond donors (Lipinski definition) is 1. The van der Waals surface area contributed by atoms with Gasteiger partial charge < -0.3 is 14.8 Å². The van der Waals surface area contributed by atoms with Crippen molar-refractivity contribution in [3.63, 3.8) is 0 Å². The Labute approximate surface area is 166 Å². The van der Waals surface area contributed by atoms with E-state index in [9.17, 15) is 4.79 Å². The second-order valence-electron chi connectivity index (χ2n) is 7.48. The fourth-order valence-corrected chi connectivity index (χ4v) is 4.22. The molecule has 1 N–H and O–H groups in total. The molecule has 3 rings (SSSR count). The van der Waals surface area contributed by atoms with E-state index in [1.165, 1.54) is 7.11 Å². The highest BCUT2D eigenvalue weighted by Crippen LogP contribution is 2.38. The molecule has 2 heterocycles. The molecule has 0 aromatic heterocycles. The number of hydrogen-bond acceptors (Lipinski definition) is 4. The maximum atomic E-state index is 11.5. The molecule has 6 heteroatoms. The van der Waals surface area contributed by atoms with Crippen LogP contribution in [0.3, 0.4) is 0 Å². The summed E-state index contributed by atoms with van der Waals surface area (Å²) in [5.74, 6) is -0.0864. The lowest BCUT2D eigenvalue weighted by Crippen LogP contribution is -2.45. The van der Waals surface area contributed by atoms with Gasteiger partial charge in [-0.15, -0.1) is 0 Å². The Hall–Kier alpha value is -1.40. The highest BCUT2D eigenvalue weighted by Gasteiger charge is 2.42. The van der Waals surface area contributed by atoms with Crippen LogP contribution in [-0.4, -0.2) is 62.4 Å². The normalized spacial score (nSPS) is 22.9. The second kappa shape index (κ2) is 9.69. The number of carbonyl (C=O) groups excluding carboxylic acids is 1. The Morgan fingerprint density at radius 1 is 1.33 bits per heavy atom. The molecule has 0 radical (unpaired) electrons. The largest absolute Gasteiger partial charge is 0.375 e. The molecule has 2 fully saturated rings. The molecule has 1 unspecified atom stereocenters. The van der Waals surface area contributed by atoms with E-state index in [4.69, 9.17) is 21.1 Å². The number of amides is 1. The monoisotopic (exact) mass is 392 g/mol. The number of rotatable bonds is 7. The van der Waals surface area contributed by atoms with Gasteiger partial charge in [0.2, 0.25) is 5.91 Å². The van der Waals surface area contributed by atoms with Gasteiger partial charge in [-0.1, -0.05) is 41.9 Å². The third kappa shape index (κ3) is 6.04.